The van der Waals surface area contributed by atoms with Crippen molar-refractivity contribution in [3.63, 3.8) is 0 Å². The lowest BCUT2D eigenvalue weighted by molar-refractivity contribution is -0.304. The van der Waals surface area contributed by atoms with Gasteiger partial charge in [0.1, 0.15) is 30.5 Å². The zero-order chi connectivity index (χ0) is 27.6. The molecule has 1 aliphatic heterocycles. The van der Waals surface area contributed by atoms with Crippen molar-refractivity contribution in [1.29, 1.82) is 0 Å². The molecule has 0 aliphatic carbocycles. The van der Waals surface area contributed by atoms with E-state index < -0.39 is 85.4 Å². The summed E-state index contributed by atoms with van der Waals surface area (Å²) in [5.41, 5.74) is 0. The number of carbonyl (C=O) groups excluding carboxylic acids is 3. The first-order chi connectivity index (χ1) is 16.8. The molecule has 1 saturated heterocycles. The number of hydrogen-bond acceptors (Lipinski definition) is 12. The molecule has 0 radical (unpaired) electrons. The largest absolute Gasteiger partial charge is 0.481 e. The lowest BCUT2D eigenvalue weighted by Gasteiger charge is -2.40. The van der Waals surface area contributed by atoms with Crippen LogP contribution in [-0.4, -0.2) is 123 Å². The average molecular weight is 525 g/mol. The monoisotopic (exact) mass is 524 g/mol. The van der Waals surface area contributed by atoms with Crippen LogP contribution in [0.1, 0.15) is 40.0 Å². The highest BCUT2D eigenvalue weighted by Gasteiger charge is 2.44. The van der Waals surface area contributed by atoms with E-state index in [4.69, 9.17) is 19.3 Å². The van der Waals surface area contributed by atoms with Gasteiger partial charge in [-0.05, 0) is 27.2 Å². The van der Waals surface area contributed by atoms with Crippen molar-refractivity contribution in [2.24, 2.45) is 0 Å². The number of amides is 2. The lowest BCUT2D eigenvalue weighted by Crippen LogP contribution is -2.61. The molecule has 8 N–H and O–H groups in total. The number of carbonyl (C=O) groups is 4. The second kappa shape index (κ2) is 15.0. The standard InChI is InChI=1S/C21H36N2O13/c1-4-34-20(33)14(9(2)35-21-18(31)17(30)16(29)10(3)36-21)23-19(32)15(11(25)8-24)22-12(26)6-5-7-13(27)28/h9-11,14-18,21,24-25,29-31H,4-8H2,1-3H3,(H,22,26)(H,23,32)(H,27,28)/t9-,10+,11+,14+,15+,16-,17-,18+,21-/m1/s1. The van der Waals surface area contributed by atoms with Crippen molar-refractivity contribution >= 4 is 23.8 Å². The minimum absolute atomic E-state index is 0.0380. The van der Waals surface area contributed by atoms with Gasteiger partial charge in [0.15, 0.2) is 12.3 Å². The number of carboxylic acids is 1. The second-order valence-electron chi connectivity index (χ2n) is 8.30. The number of aliphatic hydroxyl groups is 5. The maximum Gasteiger partial charge on any atom is 0.331 e. The fourth-order valence-electron chi connectivity index (χ4n) is 3.35. The van der Waals surface area contributed by atoms with Crippen molar-refractivity contribution in [2.45, 2.75) is 95.0 Å². The molecule has 9 atom stereocenters. The summed E-state index contributed by atoms with van der Waals surface area (Å²) in [6.07, 6.45) is -10.8. The fraction of sp³-hybridized carbons (Fsp3) is 0.810. The molecule has 0 spiro atoms. The van der Waals surface area contributed by atoms with Gasteiger partial charge in [0.05, 0.1) is 25.4 Å². The molecule has 15 heteroatoms. The van der Waals surface area contributed by atoms with Crippen LogP contribution in [0.15, 0.2) is 0 Å². The maximum atomic E-state index is 12.9. The third kappa shape index (κ3) is 9.24. The highest BCUT2D eigenvalue weighted by Crippen LogP contribution is 2.23. The Labute approximate surface area is 207 Å². The van der Waals surface area contributed by atoms with Crippen LogP contribution in [-0.2, 0) is 33.4 Å². The van der Waals surface area contributed by atoms with Gasteiger partial charge in [0.25, 0.3) is 0 Å². The number of carboxylic acid groups (broad SMARTS) is 1. The molecular weight excluding hydrogens is 488 g/mol. The van der Waals surface area contributed by atoms with E-state index in [0.717, 1.165) is 0 Å². The number of esters is 1. The minimum Gasteiger partial charge on any atom is -0.481 e. The molecule has 0 bridgehead atoms. The van der Waals surface area contributed by atoms with Crippen LogP contribution >= 0.6 is 0 Å². The minimum atomic E-state index is -1.77. The zero-order valence-corrected chi connectivity index (χ0v) is 20.3. The topological polar surface area (TPSA) is 241 Å². The van der Waals surface area contributed by atoms with Crippen molar-refractivity contribution in [1.82, 2.24) is 10.6 Å². The van der Waals surface area contributed by atoms with Gasteiger partial charge >= 0.3 is 11.9 Å². The van der Waals surface area contributed by atoms with Crippen molar-refractivity contribution in [2.75, 3.05) is 13.2 Å². The van der Waals surface area contributed by atoms with Crippen LogP contribution in [0.5, 0.6) is 0 Å². The van der Waals surface area contributed by atoms with Crippen molar-refractivity contribution < 1.29 is 64.0 Å². The Morgan fingerprint density at radius 1 is 1.00 bits per heavy atom. The summed E-state index contributed by atoms with van der Waals surface area (Å²) in [5, 5.41) is 62.4. The Hall–Kier alpha value is -2.40. The number of ether oxygens (including phenoxy) is 3. The summed E-state index contributed by atoms with van der Waals surface area (Å²) < 4.78 is 15.8. The van der Waals surface area contributed by atoms with Crippen LogP contribution in [0.3, 0.4) is 0 Å². The summed E-state index contributed by atoms with van der Waals surface area (Å²) in [5.74, 6) is -3.96. The van der Waals surface area contributed by atoms with Crippen molar-refractivity contribution in [3.05, 3.63) is 0 Å². The van der Waals surface area contributed by atoms with E-state index >= 15 is 0 Å². The summed E-state index contributed by atoms with van der Waals surface area (Å²) in [6, 6.07) is -3.27. The molecule has 15 nitrogen and oxygen atoms in total. The van der Waals surface area contributed by atoms with Gasteiger partial charge in [-0.3, -0.25) is 14.4 Å². The van der Waals surface area contributed by atoms with E-state index in [1.165, 1.54) is 20.8 Å². The molecule has 0 aromatic carbocycles. The van der Waals surface area contributed by atoms with Gasteiger partial charge < -0.3 is 55.5 Å². The summed E-state index contributed by atoms with van der Waals surface area (Å²) in [6.45, 7) is 3.24. The summed E-state index contributed by atoms with van der Waals surface area (Å²) in [4.78, 5) is 48.2. The molecule has 36 heavy (non-hydrogen) atoms. The van der Waals surface area contributed by atoms with Crippen LogP contribution in [0.2, 0.25) is 0 Å². The highest BCUT2D eigenvalue weighted by molar-refractivity contribution is 5.91. The van der Waals surface area contributed by atoms with Crippen LogP contribution in [0.25, 0.3) is 0 Å². The third-order valence-corrected chi connectivity index (χ3v) is 5.43. The molecule has 0 saturated carbocycles. The van der Waals surface area contributed by atoms with E-state index in [2.05, 4.69) is 10.6 Å². The first-order valence-electron chi connectivity index (χ1n) is 11.5. The second-order valence-corrected chi connectivity index (χ2v) is 8.30. The number of hydrogen-bond donors (Lipinski definition) is 8. The SMILES string of the molecule is CCOC(=O)[C@@H](NC(=O)[C@@H](NC(=O)CCCC(=O)O)[C@@H](O)CO)[C@@H](C)O[C@@H]1O[C@@H](C)[C@@H](O)[C@@H](O)[C@@H]1O. The van der Waals surface area contributed by atoms with Gasteiger partial charge in [0, 0.05) is 12.8 Å². The van der Waals surface area contributed by atoms with Crippen LogP contribution < -0.4 is 10.6 Å². The predicted molar refractivity (Wildman–Crippen MR) is 118 cm³/mol. The Bertz CT molecular complexity index is 751. The quantitative estimate of drug-likeness (QED) is 0.102. The zero-order valence-electron chi connectivity index (χ0n) is 20.3. The molecule has 1 fully saturated rings. The smallest absolute Gasteiger partial charge is 0.331 e. The predicted octanol–water partition coefficient (Wildman–Crippen LogP) is -3.64. The molecule has 1 aliphatic rings. The molecule has 208 valence electrons. The van der Waals surface area contributed by atoms with Crippen molar-refractivity contribution in [3.8, 4) is 0 Å². The first kappa shape index (κ1) is 31.6. The molecule has 0 aromatic rings. The molecule has 0 unspecified atom stereocenters. The maximum absolute atomic E-state index is 12.9. The molecule has 1 rings (SSSR count). The number of aliphatic carboxylic acids is 1. The van der Waals surface area contributed by atoms with Gasteiger partial charge in [0.2, 0.25) is 11.8 Å². The Morgan fingerprint density at radius 3 is 2.19 bits per heavy atom. The Morgan fingerprint density at radius 2 is 1.64 bits per heavy atom. The first-order valence-corrected chi connectivity index (χ1v) is 11.5. The van der Waals surface area contributed by atoms with E-state index in [1.807, 2.05) is 0 Å². The molecular formula is C21H36N2O13. The van der Waals surface area contributed by atoms with Gasteiger partial charge in [-0.1, -0.05) is 0 Å². The van der Waals surface area contributed by atoms with E-state index in [9.17, 15) is 44.7 Å². The lowest BCUT2D eigenvalue weighted by atomic mass is 10.00. The Balaban J connectivity index is 2.98. The van der Waals surface area contributed by atoms with Crippen LogP contribution in [0, 0.1) is 0 Å². The van der Waals surface area contributed by atoms with Gasteiger partial charge in [-0.2, -0.15) is 0 Å². The average Bonchev–Trinajstić information content (AvgIpc) is 2.82. The summed E-state index contributed by atoms with van der Waals surface area (Å²) >= 11 is 0. The van der Waals surface area contributed by atoms with Gasteiger partial charge in [-0.25, -0.2) is 4.79 Å². The van der Waals surface area contributed by atoms with E-state index in [-0.39, 0.29) is 25.9 Å². The number of aliphatic hydroxyl groups excluding tert-OH is 5. The Kier molecular flexibility index (Phi) is 13.2. The molecule has 1 heterocycles. The fourth-order valence-corrected chi connectivity index (χ4v) is 3.35. The third-order valence-electron chi connectivity index (χ3n) is 5.43. The van der Waals surface area contributed by atoms with Gasteiger partial charge in [-0.15, -0.1) is 0 Å². The molecule has 2 amide bonds. The highest BCUT2D eigenvalue weighted by atomic mass is 16.7. The van der Waals surface area contributed by atoms with E-state index in [0.29, 0.717) is 0 Å². The van der Waals surface area contributed by atoms with E-state index in [1.54, 1.807) is 0 Å². The summed E-state index contributed by atoms with van der Waals surface area (Å²) in [7, 11) is 0. The normalized spacial score (nSPS) is 27.3. The van der Waals surface area contributed by atoms with Crippen LogP contribution in [0.4, 0.5) is 0 Å². The number of rotatable bonds is 14. The molecule has 0 aromatic heterocycles. The number of nitrogens with one attached hydrogen (secondary N) is 2.